The van der Waals surface area contributed by atoms with E-state index in [9.17, 15) is 14.7 Å². The van der Waals surface area contributed by atoms with Gasteiger partial charge in [0.25, 0.3) is 11.8 Å². The molecule has 32 heavy (non-hydrogen) atoms. The van der Waals surface area contributed by atoms with Crippen molar-refractivity contribution in [3.05, 3.63) is 57.3 Å². The highest BCUT2D eigenvalue weighted by atomic mass is 32.1. The van der Waals surface area contributed by atoms with Gasteiger partial charge in [0.05, 0.1) is 30.8 Å². The largest absolute Gasteiger partial charge is 0.394 e. The molecule has 0 fully saturated rings. The molecule has 0 unspecified atom stereocenters. The van der Waals surface area contributed by atoms with Crippen molar-refractivity contribution in [1.82, 2.24) is 16.1 Å². The fraction of sp³-hybridized carbons (Fsp3) is 0.364. The predicted molar refractivity (Wildman–Crippen MR) is 119 cm³/mol. The van der Waals surface area contributed by atoms with E-state index >= 15 is 0 Å². The second kappa shape index (κ2) is 13.6. The number of carbonyl (C=O) groups excluding carboxylic acids is 2. The van der Waals surface area contributed by atoms with Crippen LogP contribution in [0.25, 0.3) is 0 Å². The van der Waals surface area contributed by atoms with Gasteiger partial charge in [-0.25, -0.2) is 5.48 Å². The first-order chi connectivity index (χ1) is 15.4. The second-order valence-electron chi connectivity index (χ2n) is 6.77. The minimum absolute atomic E-state index is 0.0235. The van der Waals surface area contributed by atoms with E-state index in [1.165, 1.54) is 12.4 Å². The molecule has 2 amide bonds. The van der Waals surface area contributed by atoms with Gasteiger partial charge in [-0.1, -0.05) is 11.8 Å². The summed E-state index contributed by atoms with van der Waals surface area (Å²) in [6.45, 7) is 3.65. The third-order valence-electron chi connectivity index (χ3n) is 4.26. The fourth-order valence-electron chi connectivity index (χ4n) is 2.60. The lowest BCUT2D eigenvalue weighted by Gasteiger charge is -2.19. The summed E-state index contributed by atoms with van der Waals surface area (Å²) in [5.41, 5.74) is 2.43. The van der Waals surface area contributed by atoms with Crippen LogP contribution in [0.1, 0.15) is 32.6 Å². The molecule has 6 N–H and O–H groups in total. The first kappa shape index (κ1) is 25.5. The molecule has 0 spiro atoms. The Morgan fingerprint density at radius 2 is 1.88 bits per heavy atom. The second-order valence-corrected chi connectivity index (χ2v) is 7.94. The third-order valence-corrected chi connectivity index (χ3v) is 5.26. The van der Waals surface area contributed by atoms with Crippen LogP contribution in [0, 0.1) is 11.8 Å². The SMILES string of the molecule is C[C@@H](O)[C@H](NC(=O)c1ccc(C#Cc2ccc(CNCCOCCO)s2)cc1)C(=O)NO. The zero-order valence-corrected chi connectivity index (χ0v) is 18.4. The lowest BCUT2D eigenvalue weighted by Crippen LogP contribution is -2.51. The third kappa shape index (κ3) is 8.39. The monoisotopic (exact) mass is 461 g/mol. The molecule has 0 aliphatic heterocycles. The highest BCUT2D eigenvalue weighted by molar-refractivity contribution is 7.12. The molecule has 0 bridgehead atoms. The average molecular weight is 462 g/mol. The Balaban J connectivity index is 1.89. The Hall–Kier alpha value is -2.78. The van der Waals surface area contributed by atoms with Crippen LogP contribution < -0.4 is 16.1 Å². The van der Waals surface area contributed by atoms with Crippen LogP contribution in [-0.4, -0.2) is 65.7 Å². The molecule has 0 aliphatic carbocycles. The summed E-state index contributed by atoms with van der Waals surface area (Å²) in [5, 5.41) is 32.6. The zero-order valence-electron chi connectivity index (χ0n) is 17.6. The number of benzene rings is 1. The van der Waals surface area contributed by atoms with Crippen molar-refractivity contribution < 1.29 is 29.7 Å². The van der Waals surface area contributed by atoms with Crippen molar-refractivity contribution in [1.29, 1.82) is 0 Å². The highest BCUT2D eigenvalue weighted by Crippen LogP contribution is 2.15. The van der Waals surface area contributed by atoms with Gasteiger partial charge in [-0.2, -0.15) is 0 Å². The van der Waals surface area contributed by atoms with Crippen molar-refractivity contribution in [3.63, 3.8) is 0 Å². The highest BCUT2D eigenvalue weighted by Gasteiger charge is 2.25. The topological polar surface area (TPSA) is 140 Å². The van der Waals surface area contributed by atoms with Gasteiger partial charge in [0.2, 0.25) is 0 Å². The van der Waals surface area contributed by atoms with Crippen LogP contribution in [0.15, 0.2) is 36.4 Å². The summed E-state index contributed by atoms with van der Waals surface area (Å²) in [5.74, 6) is 4.67. The van der Waals surface area contributed by atoms with E-state index in [1.807, 2.05) is 12.1 Å². The Bertz CT molecular complexity index is 933. The van der Waals surface area contributed by atoms with Crippen LogP contribution in [0.4, 0.5) is 0 Å². The van der Waals surface area contributed by atoms with Crippen LogP contribution in [0.2, 0.25) is 0 Å². The van der Waals surface area contributed by atoms with Crippen molar-refractivity contribution in [2.24, 2.45) is 0 Å². The zero-order chi connectivity index (χ0) is 23.3. The summed E-state index contributed by atoms with van der Waals surface area (Å²) in [4.78, 5) is 25.9. The van der Waals surface area contributed by atoms with Gasteiger partial charge in [0, 0.05) is 29.1 Å². The number of hydrogen-bond donors (Lipinski definition) is 6. The van der Waals surface area contributed by atoms with Crippen LogP contribution in [0.5, 0.6) is 0 Å². The Labute approximate surface area is 190 Å². The molecule has 0 saturated carbocycles. The van der Waals surface area contributed by atoms with E-state index in [2.05, 4.69) is 22.5 Å². The molecule has 1 aromatic heterocycles. The number of carbonyl (C=O) groups is 2. The van der Waals surface area contributed by atoms with E-state index < -0.39 is 24.0 Å². The molecule has 2 atom stereocenters. The first-order valence-electron chi connectivity index (χ1n) is 9.97. The van der Waals surface area contributed by atoms with E-state index in [0.29, 0.717) is 31.9 Å². The molecule has 1 aromatic carbocycles. The molecule has 9 nitrogen and oxygen atoms in total. The number of aliphatic hydroxyl groups is 2. The maximum absolute atomic E-state index is 12.3. The molecule has 0 saturated heterocycles. The van der Waals surface area contributed by atoms with Crippen molar-refractivity contribution in [3.8, 4) is 11.8 Å². The molecule has 10 heteroatoms. The van der Waals surface area contributed by atoms with Crippen molar-refractivity contribution in [2.75, 3.05) is 26.4 Å². The predicted octanol–water partition coefficient (Wildman–Crippen LogP) is 0.231. The van der Waals surface area contributed by atoms with Gasteiger partial charge < -0.3 is 25.6 Å². The number of aliphatic hydroxyl groups excluding tert-OH is 2. The van der Waals surface area contributed by atoms with Gasteiger partial charge in [0.15, 0.2) is 0 Å². The molecule has 2 rings (SSSR count). The summed E-state index contributed by atoms with van der Waals surface area (Å²) in [6.07, 6.45) is -1.18. The number of amides is 2. The Kier molecular flexibility index (Phi) is 10.8. The lowest BCUT2D eigenvalue weighted by molar-refractivity contribution is -0.133. The minimum atomic E-state index is -1.28. The molecular formula is C22H27N3O6S. The Morgan fingerprint density at radius 1 is 1.12 bits per heavy atom. The molecule has 0 radical (unpaired) electrons. The van der Waals surface area contributed by atoms with Crippen LogP contribution in [-0.2, 0) is 16.1 Å². The lowest BCUT2D eigenvalue weighted by atomic mass is 10.1. The van der Waals surface area contributed by atoms with Gasteiger partial charge in [-0.05, 0) is 43.3 Å². The standard InChI is InChI=1S/C22H27N3O6S/c1-15(27)20(22(29)25-30)24-21(28)17-5-2-16(3-6-17)4-7-18-8-9-19(32-18)14-23-10-12-31-13-11-26/h2-3,5-6,8-9,15,20,23,26-27,30H,10-14H2,1H3,(H,24,28)(H,25,29)/t15-,20+/m1/s1. The van der Waals surface area contributed by atoms with E-state index in [1.54, 1.807) is 35.6 Å². The fourth-order valence-corrected chi connectivity index (χ4v) is 3.43. The number of nitrogens with one attached hydrogen (secondary N) is 3. The van der Waals surface area contributed by atoms with Gasteiger partial charge >= 0.3 is 0 Å². The van der Waals surface area contributed by atoms with Gasteiger partial charge in [0.1, 0.15) is 6.04 Å². The Morgan fingerprint density at radius 3 is 2.53 bits per heavy atom. The van der Waals surface area contributed by atoms with E-state index in [-0.39, 0.29) is 6.61 Å². The van der Waals surface area contributed by atoms with E-state index in [0.717, 1.165) is 15.3 Å². The van der Waals surface area contributed by atoms with Crippen molar-refractivity contribution in [2.45, 2.75) is 25.6 Å². The summed E-state index contributed by atoms with van der Waals surface area (Å²) in [6, 6.07) is 9.19. The van der Waals surface area contributed by atoms with Gasteiger partial charge in [-0.3, -0.25) is 14.8 Å². The number of hydrogen-bond acceptors (Lipinski definition) is 8. The van der Waals surface area contributed by atoms with Crippen LogP contribution in [0.3, 0.4) is 0 Å². The quantitative estimate of drug-likeness (QED) is 0.122. The van der Waals surface area contributed by atoms with E-state index in [4.69, 9.17) is 15.1 Å². The average Bonchev–Trinajstić information content (AvgIpc) is 3.25. The van der Waals surface area contributed by atoms with Gasteiger partial charge in [-0.15, -0.1) is 11.3 Å². The normalized spacial score (nSPS) is 12.4. The first-order valence-corrected chi connectivity index (χ1v) is 10.8. The summed E-state index contributed by atoms with van der Waals surface area (Å²) >= 11 is 1.58. The van der Waals surface area contributed by atoms with Crippen LogP contribution >= 0.6 is 11.3 Å². The maximum atomic E-state index is 12.3. The number of thiophene rings is 1. The van der Waals surface area contributed by atoms with Crippen molar-refractivity contribution >= 4 is 23.2 Å². The number of hydroxylamine groups is 1. The molecule has 2 aromatic rings. The minimum Gasteiger partial charge on any atom is -0.394 e. The maximum Gasteiger partial charge on any atom is 0.268 e. The number of rotatable bonds is 11. The number of ether oxygens (including phenoxy) is 1. The molecular weight excluding hydrogens is 434 g/mol. The summed E-state index contributed by atoms with van der Waals surface area (Å²) in [7, 11) is 0. The molecule has 1 heterocycles. The molecule has 0 aliphatic rings. The summed E-state index contributed by atoms with van der Waals surface area (Å²) < 4.78 is 5.19. The smallest absolute Gasteiger partial charge is 0.268 e. The molecule has 172 valence electrons.